The number of aliphatic hydroxyl groups excluding tert-OH is 1. The summed E-state index contributed by atoms with van der Waals surface area (Å²) in [6.45, 7) is 6.16. The van der Waals surface area contributed by atoms with Gasteiger partial charge in [0, 0.05) is 5.54 Å². The number of halogens is 1. The van der Waals surface area contributed by atoms with E-state index in [1.54, 1.807) is 12.1 Å². The fourth-order valence-corrected chi connectivity index (χ4v) is 3.21. The summed E-state index contributed by atoms with van der Waals surface area (Å²) in [5.41, 5.74) is 0.254. The Balaban J connectivity index is 2.26. The molecule has 0 spiro atoms. The average Bonchev–Trinajstić information content (AvgIpc) is 2.54. The van der Waals surface area contributed by atoms with Crippen LogP contribution in [0.3, 0.4) is 0 Å². The summed E-state index contributed by atoms with van der Waals surface area (Å²) in [4.78, 5) is 2.35. The van der Waals surface area contributed by atoms with Gasteiger partial charge in [-0.25, -0.2) is 4.39 Å². The molecule has 1 heterocycles. The minimum Gasteiger partial charge on any atom is -0.494 e. The van der Waals surface area contributed by atoms with Gasteiger partial charge in [-0.05, 0) is 57.0 Å². The third kappa shape index (κ3) is 3.22. The van der Waals surface area contributed by atoms with Crippen LogP contribution in [0.1, 0.15) is 51.2 Å². The molecule has 2 unspecified atom stereocenters. The van der Waals surface area contributed by atoms with Gasteiger partial charge in [0.25, 0.3) is 0 Å². The van der Waals surface area contributed by atoms with Crippen LogP contribution in [-0.2, 0) is 0 Å². The van der Waals surface area contributed by atoms with Crippen LogP contribution in [0, 0.1) is 5.82 Å². The van der Waals surface area contributed by atoms with Gasteiger partial charge in [0.15, 0.2) is 11.6 Å². The highest BCUT2D eigenvalue weighted by molar-refractivity contribution is 5.31. The van der Waals surface area contributed by atoms with Gasteiger partial charge in [-0.15, -0.1) is 0 Å². The first-order chi connectivity index (χ1) is 10.0. The molecule has 1 aromatic rings. The Labute approximate surface area is 126 Å². The van der Waals surface area contributed by atoms with Crippen molar-refractivity contribution in [2.75, 3.05) is 20.2 Å². The largest absolute Gasteiger partial charge is 0.494 e. The zero-order chi connectivity index (χ0) is 15.5. The first-order valence-electron chi connectivity index (χ1n) is 7.79. The topological polar surface area (TPSA) is 32.7 Å². The SMILES string of the molecule is CCC(C)(C(O)c1ccc(OC)c(F)c1)N1CCCCC1. The van der Waals surface area contributed by atoms with Crippen molar-refractivity contribution < 1.29 is 14.2 Å². The quantitative estimate of drug-likeness (QED) is 0.902. The molecule has 1 aromatic carbocycles. The van der Waals surface area contributed by atoms with E-state index < -0.39 is 11.9 Å². The number of nitrogens with zero attached hydrogens (tertiary/aromatic N) is 1. The molecule has 1 saturated heterocycles. The molecule has 0 amide bonds. The third-order valence-corrected chi connectivity index (χ3v) is 4.87. The third-order valence-electron chi connectivity index (χ3n) is 4.87. The number of likely N-dealkylation sites (tertiary alicyclic amines) is 1. The highest BCUT2D eigenvalue weighted by Crippen LogP contribution is 2.37. The number of rotatable bonds is 5. The van der Waals surface area contributed by atoms with E-state index in [4.69, 9.17) is 4.74 Å². The fraction of sp³-hybridized carbons (Fsp3) is 0.647. The zero-order valence-corrected chi connectivity index (χ0v) is 13.2. The molecule has 1 N–H and O–H groups in total. The second kappa shape index (κ2) is 6.75. The van der Waals surface area contributed by atoms with Crippen LogP contribution in [0.2, 0.25) is 0 Å². The van der Waals surface area contributed by atoms with Crippen molar-refractivity contribution in [1.29, 1.82) is 0 Å². The molecule has 2 rings (SSSR count). The Morgan fingerprint density at radius 2 is 2.00 bits per heavy atom. The van der Waals surface area contributed by atoms with E-state index in [2.05, 4.69) is 18.7 Å². The van der Waals surface area contributed by atoms with Gasteiger partial charge in [0.1, 0.15) is 0 Å². The van der Waals surface area contributed by atoms with Gasteiger partial charge < -0.3 is 9.84 Å². The first-order valence-corrected chi connectivity index (χ1v) is 7.79. The van der Waals surface area contributed by atoms with Crippen LogP contribution in [0.15, 0.2) is 18.2 Å². The number of ether oxygens (including phenoxy) is 1. The van der Waals surface area contributed by atoms with Crippen molar-refractivity contribution in [2.45, 2.75) is 51.2 Å². The Bertz CT molecular complexity index is 474. The molecule has 3 nitrogen and oxygen atoms in total. The summed E-state index contributed by atoms with van der Waals surface area (Å²) in [5, 5.41) is 10.8. The Morgan fingerprint density at radius 1 is 1.33 bits per heavy atom. The van der Waals surface area contributed by atoms with E-state index in [0.717, 1.165) is 19.5 Å². The highest BCUT2D eigenvalue weighted by atomic mass is 19.1. The monoisotopic (exact) mass is 295 g/mol. The minimum absolute atomic E-state index is 0.210. The van der Waals surface area contributed by atoms with Crippen molar-refractivity contribution in [3.63, 3.8) is 0 Å². The van der Waals surface area contributed by atoms with Gasteiger partial charge in [0.2, 0.25) is 0 Å². The summed E-state index contributed by atoms with van der Waals surface area (Å²) in [6, 6.07) is 4.73. The van der Waals surface area contributed by atoms with Crippen molar-refractivity contribution in [2.24, 2.45) is 0 Å². The number of benzene rings is 1. The zero-order valence-electron chi connectivity index (χ0n) is 13.2. The van der Waals surface area contributed by atoms with E-state index >= 15 is 0 Å². The first kappa shape index (κ1) is 16.2. The standard InChI is InChI=1S/C17H26FNO2/c1-4-17(2,19-10-6-5-7-11-19)16(20)13-8-9-15(21-3)14(18)12-13/h8-9,12,16,20H,4-7,10-11H2,1-3H3. The molecule has 1 fully saturated rings. The maximum atomic E-state index is 13.9. The van der Waals surface area contributed by atoms with Crippen LogP contribution in [0.4, 0.5) is 4.39 Å². The lowest BCUT2D eigenvalue weighted by Gasteiger charge is -2.46. The smallest absolute Gasteiger partial charge is 0.165 e. The summed E-state index contributed by atoms with van der Waals surface area (Å²) in [7, 11) is 1.44. The molecule has 1 aliphatic heterocycles. The van der Waals surface area contributed by atoms with Gasteiger partial charge in [-0.2, -0.15) is 0 Å². The lowest BCUT2D eigenvalue weighted by Crippen LogP contribution is -2.52. The highest BCUT2D eigenvalue weighted by Gasteiger charge is 2.38. The molecule has 0 aliphatic carbocycles. The van der Waals surface area contributed by atoms with Crippen molar-refractivity contribution in [3.8, 4) is 5.75 Å². The van der Waals surface area contributed by atoms with Crippen LogP contribution >= 0.6 is 0 Å². The predicted octanol–water partition coefficient (Wildman–Crippen LogP) is 3.52. The molecule has 0 radical (unpaired) electrons. The van der Waals surface area contributed by atoms with Gasteiger partial charge in [0.05, 0.1) is 13.2 Å². The molecular weight excluding hydrogens is 269 g/mol. The summed E-state index contributed by atoms with van der Waals surface area (Å²) >= 11 is 0. The molecule has 0 aromatic heterocycles. The molecule has 21 heavy (non-hydrogen) atoms. The molecule has 1 aliphatic rings. The van der Waals surface area contributed by atoms with Crippen LogP contribution in [-0.4, -0.2) is 35.7 Å². The second-order valence-electron chi connectivity index (χ2n) is 6.05. The van der Waals surface area contributed by atoms with Crippen molar-refractivity contribution in [1.82, 2.24) is 4.90 Å². The van der Waals surface area contributed by atoms with E-state index in [0.29, 0.717) is 5.56 Å². The van der Waals surface area contributed by atoms with Gasteiger partial charge >= 0.3 is 0 Å². The summed E-state index contributed by atoms with van der Waals surface area (Å²) in [5.74, 6) is -0.215. The lowest BCUT2D eigenvalue weighted by atomic mass is 9.84. The maximum Gasteiger partial charge on any atom is 0.165 e. The van der Waals surface area contributed by atoms with Crippen LogP contribution in [0.25, 0.3) is 0 Å². The summed E-state index contributed by atoms with van der Waals surface area (Å²) in [6.07, 6.45) is 3.70. The number of hydrogen-bond donors (Lipinski definition) is 1. The van der Waals surface area contributed by atoms with Crippen LogP contribution < -0.4 is 4.74 Å². The van der Waals surface area contributed by atoms with Crippen molar-refractivity contribution >= 4 is 0 Å². The predicted molar refractivity (Wildman–Crippen MR) is 82.0 cm³/mol. The van der Waals surface area contributed by atoms with E-state index in [1.165, 1.54) is 32.4 Å². The normalized spacial score (nSPS) is 20.8. The van der Waals surface area contributed by atoms with E-state index in [1.807, 2.05) is 0 Å². The van der Waals surface area contributed by atoms with Gasteiger partial charge in [-0.3, -0.25) is 4.90 Å². The molecule has 0 saturated carbocycles. The molecule has 0 bridgehead atoms. The molecule has 118 valence electrons. The maximum absolute atomic E-state index is 13.9. The van der Waals surface area contributed by atoms with Crippen LogP contribution in [0.5, 0.6) is 5.75 Å². The molecule has 2 atom stereocenters. The number of aliphatic hydroxyl groups is 1. The average molecular weight is 295 g/mol. The second-order valence-corrected chi connectivity index (χ2v) is 6.05. The minimum atomic E-state index is -0.707. The summed E-state index contributed by atoms with van der Waals surface area (Å²) < 4.78 is 18.8. The van der Waals surface area contributed by atoms with E-state index in [-0.39, 0.29) is 11.3 Å². The lowest BCUT2D eigenvalue weighted by molar-refractivity contribution is -0.0353. The number of methoxy groups -OCH3 is 1. The van der Waals surface area contributed by atoms with Crippen molar-refractivity contribution in [3.05, 3.63) is 29.6 Å². The molecule has 4 heteroatoms. The molecular formula is C17H26FNO2. The van der Waals surface area contributed by atoms with Gasteiger partial charge in [-0.1, -0.05) is 19.4 Å². The number of hydrogen-bond acceptors (Lipinski definition) is 3. The fourth-order valence-electron chi connectivity index (χ4n) is 3.21. The Hall–Kier alpha value is -1.13. The number of piperidine rings is 1. The van der Waals surface area contributed by atoms with E-state index in [9.17, 15) is 9.50 Å². The Kier molecular flexibility index (Phi) is 5.22. The Morgan fingerprint density at radius 3 is 2.52 bits per heavy atom.